The molecule has 2 rings (SSSR count). The van der Waals surface area contributed by atoms with Crippen molar-refractivity contribution in [1.82, 2.24) is 15.1 Å². The minimum atomic E-state index is -2.85. The highest BCUT2D eigenvalue weighted by atomic mass is 35.5. The summed E-state index contributed by atoms with van der Waals surface area (Å²) >= 11 is 5.65. The van der Waals surface area contributed by atoms with E-state index in [0.29, 0.717) is 24.7 Å². The molecule has 0 bridgehead atoms. The summed E-state index contributed by atoms with van der Waals surface area (Å²) in [5.41, 5.74) is 0.814. The smallest absolute Gasteiger partial charge is 0.151 e. The summed E-state index contributed by atoms with van der Waals surface area (Å²) in [5.74, 6) is 0.518. The van der Waals surface area contributed by atoms with E-state index in [2.05, 4.69) is 15.1 Å². The minimum absolute atomic E-state index is 0.230. The molecule has 94 valence electrons. The molecule has 0 atom stereocenters. The number of nitrogens with zero attached hydrogens (tertiary/aromatic N) is 3. The van der Waals surface area contributed by atoms with E-state index >= 15 is 0 Å². The second kappa shape index (κ2) is 5.29. The SMILES string of the molecule is O=S1(=O)CCCN(Cc2ccc(Cl)nn2)CC1. The minimum Gasteiger partial charge on any atom is -0.296 e. The van der Waals surface area contributed by atoms with Gasteiger partial charge in [-0.2, -0.15) is 5.10 Å². The van der Waals surface area contributed by atoms with Crippen LogP contribution in [0.5, 0.6) is 0 Å². The molecule has 1 saturated heterocycles. The zero-order valence-electron chi connectivity index (χ0n) is 9.34. The van der Waals surface area contributed by atoms with Crippen LogP contribution in [0, 0.1) is 0 Å². The summed E-state index contributed by atoms with van der Waals surface area (Å²) < 4.78 is 22.9. The molecule has 2 heterocycles. The van der Waals surface area contributed by atoms with Crippen LogP contribution in [0.1, 0.15) is 12.1 Å². The monoisotopic (exact) mass is 275 g/mol. The van der Waals surface area contributed by atoms with Crippen molar-refractivity contribution in [3.8, 4) is 0 Å². The average Bonchev–Trinajstić information content (AvgIpc) is 2.44. The van der Waals surface area contributed by atoms with Crippen LogP contribution in [0.15, 0.2) is 12.1 Å². The number of sulfone groups is 1. The van der Waals surface area contributed by atoms with Crippen molar-refractivity contribution in [3.63, 3.8) is 0 Å². The van der Waals surface area contributed by atoms with E-state index in [0.717, 1.165) is 12.2 Å². The number of hydrogen-bond acceptors (Lipinski definition) is 5. The molecule has 0 saturated carbocycles. The maximum absolute atomic E-state index is 11.4. The average molecular weight is 276 g/mol. The van der Waals surface area contributed by atoms with E-state index in [-0.39, 0.29) is 11.5 Å². The second-order valence-corrected chi connectivity index (χ2v) is 6.82. The lowest BCUT2D eigenvalue weighted by atomic mass is 10.3. The topological polar surface area (TPSA) is 63.2 Å². The Bertz CT molecular complexity index is 475. The van der Waals surface area contributed by atoms with E-state index in [1.54, 1.807) is 6.07 Å². The molecular weight excluding hydrogens is 262 g/mol. The van der Waals surface area contributed by atoms with Gasteiger partial charge in [-0.05, 0) is 25.1 Å². The number of hydrogen-bond donors (Lipinski definition) is 0. The molecule has 0 amide bonds. The molecule has 5 nitrogen and oxygen atoms in total. The molecule has 0 aromatic carbocycles. The second-order valence-electron chi connectivity index (χ2n) is 4.13. The molecular formula is C10H14ClN3O2S. The molecule has 1 aromatic rings. The molecule has 1 fully saturated rings. The van der Waals surface area contributed by atoms with Gasteiger partial charge in [-0.3, -0.25) is 4.90 Å². The van der Waals surface area contributed by atoms with Crippen molar-refractivity contribution in [2.75, 3.05) is 24.6 Å². The van der Waals surface area contributed by atoms with Crippen LogP contribution in [-0.2, 0) is 16.4 Å². The van der Waals surface area contributed by atoms with Crippen molar-refractivity contribution >= 4 is 21.4 Å². The third-order valence-electron chi connectivity index (χ3n) is 2.72. The van der Waals surface area contributed by atoms with E-state index in [1.807, 2.05) is 6.07 Å². The van der Waals surface area contributed by atoms with Crippen molar-refractivity contribution in [2.24, 2.45) is 0 Å². The normalized spacial score (nSPS) is 21.0. The van der Waals surface area contributed by atoms with Gasteiger partial charge in [0.15, 0.2) is 15.0 Å². The van der Waals surface area contributed by atoms with Crippen molar-refractivity contribution < 1.29 is 8.42 Å². The van der Waals surface area contributed by atoms with Gasteiger partial charge in [-0.15, -0.1) is 5.10 Å². The van der Waals surface area contributed by atoms with Crippen LogP contribution in [0.3, 0.4) is 0 Å². The van der Waals surface area contributed by atoms with Gasteiger partial charge in [-0.25, -0.2) is 8.42 Å². The summed E-state index contributed by atoms with van der Waals surface area (Å²) in [6, 6.07) is 3.51. The zero-order chi connectivity index (χ0) is 12.3. The first kappa shape index (κ1) is 12.7. The summed E-state index contributed by atoms with van der Waals surface area (Å²) in [6.45, 7) is 1.97. The predicted octanol–water partition coefficient (Wildman–Crippen LogP) is 0.751. The van der Waals surface area contributed by atoms with Crippen LogP contribution in [0.2, 0.25) is 5.15 Å². The Kier molecular flexibility index (Phi) is 3.96. The standard InChI is InChI=1S/C10H14ClN3O2S/c11-10-3-2-9(12-13-10)8-14-4-1-6-17(15,16)7-5-14/h2-3H,1,4-8H2. The fourth-order valence-electron chi connectivity index (χ4n) is 1.81. The predicted molar refractivity (Wildman–Crippen MR) is 65.6 cm³/mol. The van der Waals surface area contributed by atoms with Crippen LogP contribution in [-0.4, -0.2) is 48.1 Å². The Morgan fingerprint density at radius 1 is 1.24 bits per heavy atom. The highest BCUT2D eigenvalue weighted by Gasteiger charge is 2.19. The maximum atomic E-state index is 11.4. The number of aromatic nitrogens is 2. The Morgan fingerprint density at radius 3 is 2.76 bits per heavy atom. The molecule has 0 aliphatic carbocycles. The van der Waals surface area contributed by atoms with Gasteiger partial charge in [0.2, 0.25) is 0 Å². The highest BCUT2D eigenvalue weighted by Crippen LogP contribution is 2.09. The summed E-state index contributed by atoms with van der Waals surface area (Å²) in [4.78, 5) is 2.09. The van der Waals surface area contributed by atoms with Crippen LogP contribution < -0.4 is 0 Å². The zero-order valence-corrected chi connectivity index (χ0v) is 10.9. The summed E-state index contributed by atoms with van der Waals surface area (Å²) in [6.07, 6.45) is 0.684. The molecule has 0 unspecified atom stereocenters. The van der Waals surface area contributed by atoms with Gasteiger partial charge in [0.1, 0.15) is 0 Å². The molecule has 1 aromatic heterocycles. The Morgan fingerprint density at radius 2 is 2.06 bits per heavy atom. The maximum Gasteiger partial charge on any atom is 0.151 e. The fourth-order valence-corrected chi connectivity index (χ4v) is 3.22. The molecule has 0 spiro atoms. The third kappa shape index (κ3) is 3.90. The van der Waals surface area contributed by atoms with Crippen LogP contribution in [0.25, 0.3) is 0 Å². The summed E-state index contributed by atoms with van der Waals surface area (Å²) in [7, 11) is -2.85. The molecule has 1 aliphatic rings. The number of rotatable bonds is 2. The first-order valence-electron chi connectivity index (χ1n) is 5.46. The lowest BCUT2D eigenvalue weighted by Gasteiger charge is -2.17. The van der Waals surface area contributed by atoms with Gasteiger partial charge in [0.25, 0.3) is 0 Å². The van der Waals surface area contributed by atoms with Crippen molar-refractivity contribution in [2.45, 2.75) is 13.0 Å². The van der Waals surface area contributed by atoms with Crippen molar-refractivity contribution in [3.05, 3.63) is 23.0 Å². The van der Waals surface area contributed by atoms with E-state index in [1.165, 1.54) is 0 Å². The van der Waals surface area contributed by atoms with Crippen LogP contribution in [0.4, 0.5) is 0 Å². The molecule has 1 aliphatic heterocycles. The fraction of sp³-hybridized carbons (Fsp3) is 0.600. The third-order valence-corrected chi connectivity index (χ3v) is 4.64. The highest BCUT2D eigenvalue weighted by molar-refractivity contribution is 7.91. The van der Waals surface area contributed by atoms with E-state index in [4.69, 9.17) is 11.6 Å². The van der Waals surface area contributed by atoms with Gasteiger partial charge in [0, 0.05) is 13.1 Å². The Balaban J connectivity index is 1.97. The van der Waals surface area contributed by atoms with Gasteiger partial charge in [0.05, 0.1) is 17.2 Å². The molecule has 0 radical (unpaired) electrons. The summed E-state index contributed by atoms with van der Waals surface area (Å²) in [5, 5.41) is 8.10. The van der Waals surface area contributed by atoms with Crippen LogP contribution >= 0.6 is 11.6 Å². The molecule has 17 heavy (non-hydrogen) atoms. The quantitative estimate of drug-likeness (QED) is 0.797. The molecule has 7 heteroatoms. The van der Waals surface area contributed by atoms with Gasteiger partial charge >= 0.3 is 0 Å². The number of halogens is 1. The lowest BCUT2D eigenvalue weighted by molar-refractivity contribution is 0.283. The van der Waals surface area contributed by atoms with Crippen molar-refractivity contribution in [1.29, 1.82) is 0 Å². The van der Waals surface area contributed by atoms with E-state index in [9.17, 15) is 8.42 Å². The van der Waals surface area contributed by atoms with Gasteiger partial charge < -0.3 is 0 Å². The largest absolute Gasteiger partial charge is 0.296 e. The van der Waals surface area contributed by atoms with E-state index < -0.39 is 9.84 Å². The Hall–Kier alpha value is -0.720. The van der Waals surface area contributed by atoms with Gasteiger partial charge in [-0.1, -0.05) is 11.6 Å². The first-order chi connectivity index (χ1) is 8.05. The molecule has 0 N–H and O–H groups in total. The first-order valence-corrected chi connectivity index (χ1v) is 7.66. The Labute approximate surface area is 106 Å². The lowest BCUT2D eigenvalue weighted by Crippen LogP contribution is -2.27.